The van der Waals surface area contributed by atoms with Crippen LogP contribution in [-0.2, 0) is 10.2 Å². The van der Waals surface area contributed by atoms with E-state index in [1.165, 1.54) is 23.0 Å². The molecule has 0 spiro atoms. The number of amides is 1. The summed E-state index contributed by atoms with van der Waals surface area (Å²) in [4.78, 5) is 18.9. The Morgan fingerprint density at radius 1 is 1.24 bits per heavy atom. The summed E-state index contributed by atoms with van der Waals surface area (Å²) in [6.07, 6.45) is 5.45. The molecule has 0 saturated carbocycles. The molecule has 17 heavy (non-hydrogen) atoms. The summed E-state index contributed by atoms with van der Waals surface area (Å²) in [5.41, 5.74) is 0.121. The van der Waals surface area contributed by atoms with Gasteiger partial charge in [-0.2, -0.15) is 12.7 Å². The number of nitrogens with zero attached hydrogens (tertiary/aromatic N) is 3. The lowest BCUT2D eigenvalue weighted by atomic mass is 10.3. The Morgan fingerprint density at radius 3 is 2.41 bits per heavy atom. The molecule has 0 atom stereocenters. The van der Waals surface area contributed by atoms with Gasteiger partial charge in [0, 0.05) is 25.5 Å². The van der Waals surface area contributed by atoms with Gasteiger partial charge in [0.25, 0.3) is 5.91 Å². The van der Waals surface area contributed by atoms with Crippen molar-refractivity contribution in [2.75, 3.05) is 13.1 Å². The highest BCUT2D eigenvalue weighted by atomic mass is 32.2. The molecule has 1 N–H and O–H groups in total. The van der Waals surface area contributed by atoms with E-state index in [4.69, 9.17) is 0 Å². The van der Waals surface area contributed by atoms with Gasteiger partial charge in [0.15, 0.2) is 0 Å². The maximum atomic E-state index is 11.8. The molecular weight excluding hydrogens is 244 g/mol. The molecule has 0 aliphatic carbocycles. The van der Waals surface area contributed by atoms with Gasteiger partial charge in [-0.3, -0.25) is 4.79 Å². The van der Waals surface area contributed by atoms with Crippen LogP contribution in [0.25, 0.3) is 0 Å². The second-order valence-corrected chi connectivity index (χ2v) is 5.34. The Hall–Kier alpha value is -1.54. The van der Waals surface area contributed by atoms with Gasteiger partial charge in [-0.15, -0.1) is 0 Å². The number of rotatable bonds is 3. The minimum atomic E-state index is -3.73. The zero-order chi connectivity index (χ0) is 12.3. The van der Waals surface area contributed by atoms with Crippen molar-refractivity contribution < 1.29 is 13.2 Å². The van der Waals surface area contributed by atoms with Gasteiger partial charge >= 0.3 is 10.2 Å². The quantitative estimate of drug-likeness (QED) is 0.790. The molecule has 2 heterocycles. The van der Waals surface area contributed by atoms with E-state index in [9.17, 15) is 13.2 Å². The van der Waals surface area contributed by atoms with E-state index >= 15 is 0 Å². The summed E-state index contributed by atoms with van der Waals surface area (Å²) >= 11 is 0. The van der Waals surface area contributed by atoms with Crippen LogP contribution in [0.1, 0.15) is 23.2 Å². The predicted octanol–water partition coefficient (Wildman–Crippen LogP) is -0.453. The van der Waals surface area contributed by atoms with Gasteiger partial charge < -0.3 is 0 Å². The average molecular weight is 256 g/mol. The summed E-state index contributed by atoms with van der Waals surface area (Å²) in [6.45, 7) is 0.905. The number of hydrogen-bond donors (Lipinski definition) is 1. The molecule has 7 nitrogen and oxygen atoms in total. The molecule has 2 rings (SSSR count). The Balaban J connectivity index is 2.08. The van der Waals surface area contributed by atoms with Crippen molar-refractivity contribution in [2.45, 2.75) is 12.8 Å². The standard InChI is InChI=1S/C9H12N4O3S/c14-9(8-5-10-7-11-6-8)12-17(15,16)13-3-1-2-4-13/h5-7H,1-4H2,(H,12,14). The number of nitrogens with one attached hydrogen (secondary N) is 1. The molecule has 8 heteroatoms. The number of hydrogen-bond acceptors (Lipinski definition) is 5. The van der Waals surface area contributed by atoms with E-state index < -0.39 is 16.1 Å². The van der Waals surface area contributed by atoms with Crippen LogP contribution in [0.2, 0.25) is 0 Å². The van der Waals surface area contributed by atoms with Crippen molar-refractivity contribution in [1.82, 2.24) is 19.0 Å². The molecule has 1 amide bonds. The van der Waals surface area contributed by atoms with Gasteiger partial charge in [0.2, 0.25) is 0 Å². The zero-order valence-corrected chi connectivity index (χ0v) is 9.85. The molecule has 0 bridgehead atoms. The van der Waals surface area contributed by atoms with Crippen LogP contribution in [0.3, 0.4) is 0 Å². The topological polar surface area (TPSA) is 92.3 Å². The second kappa shape index (κ2) is 4.76. The Bertz CT molecular complexity index is 496. The van der Waals surface area contributed by atoms with E-state index in [0.29, 0.717) is 13.1 Å². The minimum Gasteiger partial charge on any atom is -0.268 e. The molecule has 1 aromatic heterocycles. The van der Waals surface area contributed by atoms with Crippen molar-refractivity contribution in [3.8, 4) is 0 Å². The molecule has 1 fully saturated rings. The van der Waals surface area contributed by atoms with Crippen molar-refractivity contribution in [2.24, 2.45) is 0 Å². The lowest BCUT2D eigenvalue weighted by Gasteiger charge is -2.15. The lowest BCUT2D eigenvalue weighted by molar-refractivity contribution is 0.0978. The second-order valence-electron chi connectivity index (χ2n) is 3.67. The van der Waals surface area contributed by atoms with Crippen molar-refractivity contribution in [3.63, 3.8) is 0 Å². The summed E-state index contributed by atoms with van der Waals surface area (Å²) < 4.78 is 26.8. The monoisotopic (exact) mass is 256 g/mol. The molecule has 1 aromatic rings. The smallest absolute Gasteiger partial charge is 0.268 e. The highest BCUT2D eigenvalue weighted by Gasteiger charge is 2.27. The van der Waals surface area contributed by atoms with Crippen LogP contribution in [0.5, 0.6) is 0 Å². The molecule has 1 aliphatic rings. The Labute approximate surface area is 99.1 Å². The van der Waals surface area contributed by atoms with Gasteiger partial charge in [-0.1, -0.05) is 0 Å². The average Bonchev–Trinajstić information content (AvgIpc) is 2.84. The zero-order valence-electron chi connectivity index (χ0n) is 9.04. The van der Waals surface area contributed by atoms with Crippen LogP contribution in [-0.4, -0.2) is 41.7 Å². The van der Waals surface area contributed by atoms with Crippen LogP contribution < -0.4 is 4.72 Å². The summed E-state index contributed by atoms with van der Waals surface area (Å²) in [7, 11) is -3.73. The third-order valence-electron chi connectivity index (χ3n) is 2.45. The summed E-state index contributed by atoms with van der Waals surface area (Å²) in [6, 6.07) is 0. The molecular formula is C9H12N4O3S. The van der Waals surface area contributed by atoms with Gasteiger partial charge in [-0.05, 0) is 12.8 Å². The largest absolute Gasteiger partial charge is 0.304 e. The third kappa shape index (κ3) is 2.77. The fourth-order valence-corrected chi connectivity index (χ4v) is 2.81. The molecule has 1 aliphatic heterocycles. The minimum absolute atomic E-state index is 0.121. The molecule has 1 saturated heterocycles. The van der Waals surface area contributed by atoms with E-state index in [0.717, 1.165) is 12.8 Å². The first-order valence-corrected chi connectivity index (χ1v) is 6.61. The summed E-state index contributed by atoms with van der Waals surface area (Å²) in [5.74, 6) is -0.711. The summed E-state index contributed by atoms with van der Waals surface area (Å²) in [5, 5.41) is 0. The fraction of sp³-hybridized carbons (Fsp3) is 0.444. The van der Waals surface area contributed by atoms with Crippen molar-refractivity contribution >= 4 is 16.1 Å². The molecule has 0 aromatic carbocycles. The fourth-order valence-electron chi connectivity index (χ4n) is 1.59. The van der Waals surface area contributed by atoms with E-state index in [1.54, 1.807) is 0 Å². The van der Waals surface area contributed by atoms with Crippen LogP contribution >= 0.6 is 0 Å². The van der Waals surface area contributed by atoms with E-state index in [-0.39, 0.29) is 5.56 Å². The normalized spacial score (nSPS) is 16.9. The van der Waals surface area contributed by atoms with Crippen molar-refractivity contribution in [3.05, 3.63) is 24.3 Å². The predicted molar refractivity (Wildman–Crippen MR) is 59.2 cm³/mol. The van der Waals surface area contributed by atoms with Crippen LogP contribution in [0, 0.1) is 0 Å². The Morgan fingerprint density at radius 2 is 1.82 bits per heavy atom. The van der Waals surface area contributed by atoms with Crippen LogP contribution in [0.4, 0.5) is 0 Å². The lowest BCUT2D eigenvalue weighted by Crippen LogP contribution is -2.42. The van der Waals surface area contributed by atoms with Gasteiger partial charge in [-0.25, -0.2) is 14.7 Å². The SMILES string of the molecule is O=C(NS(=O)(=O)N1CCCC1)c1cncnc1. The Kier molecular flexibility index (Phi) is 3.34. The first-order valence-electron chi connectivity index (χ1n) is 5.17. The highest BCUT2D eigenvalue weighted by Crippen LogP contribution is 2.11. The number of carbonyl (C=O) groups excluding carboxylic acids is 1. The van der Waals surface area contributed by atoms with E-state index in [1.807, 2.05) is 4.72 Å². The third-order valence-corrected chi connectivity index (χ3v) is 3.94. The molecule has 0 radical (unpaired) electrons. The first-order chi connectivity index (χ1) is 8.09. The molecule has 92 valence electrons. The molecule has 0 unspecified atom stereocenters. The highest BCUT2D eigenvalue weighted by molar-refractivity contribution is 7.87. The van der Waals surface area contributed by atoms with Crippen LogP contribution in [0.15, 0.2) is 18.7 Å². The van der Waals surface area contributed by atoms with Crippen molar-refractivity contribution in [1.29, 1.82) is 0 Å². The maximum Gasteiger partial charge on any atom is 0.304 e. The number of carbonyl (C=O) groups is 1. The van der Waals surface area contributed by atoms with Gasteiger partial charge in [0.1, 0.15) is 6.33 Å². The van der Waals surface area contributed by atoms with Gasteiger partial charge in [0.05, 0.1) is 5.56 Å². The first kappa shape index (κ1) is 11.9. The maximum absolute atomic E-state index is 11.8. The number of aromatic nitrogens is 2. The van der Waals surface area contributed by atoms with E-state index in [2.05, 4.69) is 9.97 Å².